The van der Waals surface area contributed by atoms with Gasteiger partial charge in [0.25, 0.3) is 11.8 Å². The van der Waals surface area contributed by atoms with Gasteiger partial charge in [-0.2, -0.15) is 18.3 Å². The van der Waals surface area contributed by atoms with Crippen molar-refractivity contribution in [3.63, 3.8) is 0 Å². The van der Waals surface area contributed by atoms with Crippen molar-refractivity contribution in [3.05, 3.63) is 58.4 Å². The summed E-state index contributed by atoms with van der Waals surface area (Å²) >= 11 is 5.86. The van der Waals surface area contributed by atoms with Gasteiger partial charge in [-0.3, -0.25) is 9.59 Å². The first-order valence-corrected chi connectivity index (χ1v) is 9.70. The smallest absolute Gasteiger partial charge is 0.425 e. The predicted octanol–water partition coefficient (Wildman–Crippen LogP) is 4.09. The molecule has 3 N–H and O–H groups in total. The van der Waals surface area contributed by atoms with Crippen LogP contribution in [0.3, 0.4) is 0 Å². The number of hydrogen-bond acceptors (Lipinski definition) is 5. The number of ether oxygens (including phenoxy) is 1. The average molecular weight is 504 g/mol. The van der Waals surface area contributed by atoms with Crippen molar-refractivity contribution in [2.45, 2.75) is 19.2 Å². The van der Waals surface area contributed by atoms with Gasteiger partial charge >= 0.3 is 6.18 Å². The van der Waals surface area contributed by atoms with Crippen LogP contribution in [-0.4, -0.2) is 38.9 Å². The number of carbonyl (C=O) groups is 2. The van der Waals surface area contributed by atoms with Gasteiger partial charge in [0, 0.05) is 7.05 Å². The zero-order chi connectivity index (χ0) is 25.4. The minimum atomic E-state index is -4.83. The Balaban J connectivity index is 2.11. The average Bonchev–Trinajstić information content (AvgIpc) is 3.12. The molecule has 0 aliphatic rings. The maximum Gasteiger partial charge on any atom is 0.425 e. The van der Waals surface area contributed by atoms with E-state index in [1.165, 1.54) is 19.2 Å². The number of primary amides is 1. The van der Waals surface area contributed by atoms with Crippen LogP contribution in [0, 0.1) is 11.6 Å². The van der Waals surface area contributed by atoms with Gasteiger partial charge in [-0.05, 0) is 31.2 Å². The number of para-hydroxylation sites is 1. The van der Waals surface area contributed by atoms with Gasteiger partial charge in [0.2, 0.25) is 5.82 Å². The lowest BCUT2D eigenvalue weighted by Gasteiger charge is -2.20. The first kappa shape index (κ1) is 24.9. The molecule has 1 aromatic heterocycles. The molecule has 1 unspecified atom stereocenters. The molecule has 0 bridgehead atoms. The summed E-state index contributed by atoms with van der Waals surface area (Å²) in [5, 5.41) is 5.71. The number of hydrogen-bond donors (Lipinski definition) is 2. The normalized spacial score (nSPS) is 12.4. The van der Waals surface area contributed by atoms with E-state index in [0.717, 1.165) is 16.8 Å². The standard InChI is InChI=1S/C20H15ClF5N5O3/c1-8(20(24,25)26)34-14-7-9(17-29-18(16(27)32)31(2)30-17)13(23)6-10(14)19(33)28-15-11(21)4-3-5-12(15)22/h3-8H,1-2H3,(H2,27,32)(H,28,33). The SMILES string of the molecule is CC(Oc1cc(-c2nc(C(N)=O)n(C)n2)c(F)cc1C(=O)Nc1c(F)cccc1Cl)C(F)(F)F. The van der Waals surface area contributed by atoms with Crippen LogP contribution < -0.4 is 15.8 Å². The molecule has 0 aliphatic heterocycles. The van der Waals surface area contributed by atoms with Gasteiger partial charge in [0.15, 0.2) is 11.9 Å². The van der Waals surface area contributed by atoms with Crippen molar-refractivity contribution < 1.29 is 36.3 Å². The minimum Gasteiger partial charge on any atom is -0.480 e. The molecule has 0 aliphatic carbocycles. The largest absolute Gasteiger partial charge is 0.480 e. The monoisotopic (exact) mass is 503 g/mol. The maximum absolute atomic E-state index is 14.9. The number of rotatable bonds is 6. The maximum atomic E-state index is 14.9. The molecular formula is C20H15ClF5N5O3. The van der Waals surface area contributed by atoms with Crippen LogP contribution in [0.15, 0.2) is 30.3 Å². The molecule has 0 fully saturated rings. The van der Waals surface area contributed by atoms with E-state index in [4.69, 9.17) is 22.1 Å². The molecule has 2 amide bonds. The number of aromatic nitrogens is 3. The van der Waals surface area contributed by atoms with Crippen molar-refractivity contribution in [3.8, 4) is 17.1 Å². The molecule has 0 saturated carbocycles. The Hall–Kier alpha value is -3.74. The molecule has 14 heteroatoms. The van der Waals surface area contributed by atoms with Crippen LogP contribution in [0.1, 0.15) is 27.9 Å². The van der Waals surface area contributed by atoms with Crippen molar-refractivity contribution >= 4 is 29.1 Å². The first-order chi connectivity index (χ1) is 15.8. The third kappa shape index (κ3) is 5.09. The van der Waals surface area contributed by atoms with Gasteiger partial charge < -0.3 is 15.8 Å². The second-order valence-electron chi connectivity index (χ2n) is 6.93. The highest BCUT2D eigenvalue weighted by molar-refractivity contribution is 6.34. The zero-order valence-electron chi connectivity index (χ0n) is 17.4. The topological polar surface area (TPSA) is 112 Å². The fraction of sp³-hybridized carbons (Fsp3) is 0.200. The third-order valence-electron chi connectivity index (χ3n) is 4.50. The Labute approximate surface area is 193 Å². The van der Waals surface area contributed by atoms with E-state index in [1.54, 1.807) is 0 Å². The second kappa shape index (κ2) is 9.25. The van der Waals surface area contributed by atoms with E-state index >= 15 is 0 Å². The van der Waals surface area contributed by atoms with Gasteiger partial charge in [0.05, 0.1) is 21.8 Å². The number of nitrogens with zero attached hydrogens (tertiary/aromatic N) is 3. The molecule has 2 aromatic carbocycles. The number of benzene rings is 2. The number of aryl methyl sites for hydroxylation is 1. The van der Waals surface area contributed by atoms with Gasteiger partial charge in [-0.25, -0.2) is 18.4 Å². The van der Waals surface area contributed by atoms with E-state index in [9.17, 15) is 31.5 Å². The summed E-state index contributed by atoms with van der Waals surface area (Å²) in [6.07, 6.45) is -7.24. The van der Waals surface area contributed by atoms with Gasteiger partial charge in [0.1, 0.15) is 17.4 Å². The van der Waals surface area contributed by atoms with E-state index in [0.29, 0.717) is 13.0 Å². The highest BCUT2D eigenvalue weighted by Gasteiger charge is 2.39. The summed E-state index contributed by atoms with van der Waals surface area (Å²) in [6, 6.07) is 4.84. The Bertz CT molecular complexity index is 1260. The molecule has 3 aromatic rings. The number of nitrogens with two attached hydrogens (primary N) is 1. The molecule has 180 valence electrons. The molecule has 1 heterocycles. The number of nitrogens with one attached hydrogen (secondary N) is 1. The fourth-order valence-corrected chi connectivity index (χ4v) is 2.98. The number of alkyl halides is 3. The van der Waals surface area contributed by atoms with Crippen LogP contribution in [0.5, 0.6) is 5.75 Å². The second-order valence-corrected chi connectivity index (χ2v) is 7.33. The van der Waals surface area contributed by atoms with E-state index in [1.807, 2.05) is 0 Å². The Morgan fingerprint density at radius 1 is 1.21 bits per heavy atom. The third-order valence-corrected chi connectivity index (χ3v) is 4.82. The van der Waals surface area contributed by atoms with Crippen LogP contribution in [-0.2, 0) is 7.05 Å². The first-order valence-electron chi connectivity index (χ1n) is 9.33. The Morgan fingerprint density at radius 2 is 1.88 bits per heavy atom. The molecule has 0 saturated heterocycles. The molecular weight excluding hydrogens is 489 g/mol. The predicted molar refractivity (Wildman–Crippen MR) is 110 cm³/mol. The summed E-state index contributed by atoms with van der Waals surface area (Å²) in [4.78, 5) is 27.9. The van der Waals surface area contributed by atoms with E-state index in [2.05, 4.69) is 15.4 Å². The molecule has 34 heavy (non-hydrogen) atoms. The number of amides is 2. The van der Waals surface area contributed by atoms with Crippen LogP contribution in [0.25, 0.3) is 11.4 Å². The quantitative estimate of drug-likeness (QED) is 0.492. The van der Waals surface area contributed by atoms with Crippen molar-refractivity contribution in [2.75, 3.05) is 5.32 Å². The lowest BCUT2D eigenvalue weighted by molar-refractivity contribution is -0.189. The molecule has 0 spiro atoms. The summed E-state index contributed by atoms with van der Waals surface area (Å²) < 4.78 is 74.2. The van der Waals surface area contributed by atoms with Crippen LogP contribution in [0.4, 0.5) is 27.6 Å². The lowest BCUT2D eigenvalue weighted by atomic mass is 10.1. The van der Waals surface area contributed by atoms with Gasteiger partial charge in [-0.15, -0.1) is 0 Å². The highest BCUT2D eigenvalue weighted by Crippen LogP contribution is 2.34. The minimum absolute atomic E-state index is 0.201. The molecule has 1 atom stereocenters. The molecule has 0 radical (unpaired) electrons. The summed E-state index contributed by atoms with van der Waals surface area (Å²) in [5.74, 6) is -5.72. The van der Waals surface area contributed by atoms with Crippen molar-refractivity contribution in [1.29, 1.82) is 0 Å². The van der Waals surface area contributed by atoms with E-state index < -0.39 is 64.1 Å². The van der Waals surface area contributed by atoms with Crippen LogP contribution in [0.2, 0.25) is 5.02 Å². The lowest BCUT2D eigenvalue weighted by Crippen LogP contribution is -2.32. The summed E-state index contributed by atoms with van der Waals surface area (Å²) in [5.41, 5.74) is 3.51. The van der Waals surface area contributed by atoms with Gasteiger partial charge in [-0.1, -0.05) is 17.7 Å². The Kier molecular flexibility index (Phi) is 6.77. The number of halogens is 6. The summed E-state index contributed by atoms with van der Waals surface area (Å²) in [7, 11) is 1.29. The Morgan fingerprint density at radius 3 is 2.44 bits per heavy atom. The van der Waals surface area contributed by atoms with Crippen LogP contribution >= 0.6 is 11.6 Å². The number of anilines is 1. The molecule has 3 rings (SSSR count). The fourth-order valence-electron chi connectivity index (χ4n) is 2.77. The number of carbonyl (C=O) groups excluding carboxylic acids is 2. The molecule has 8 nitrogen and oxygen atoms in total. The summed E-state index contributed by atoms with van der Waals surface area (Å²) in [6.45, 7) is 0.669. The van der Waals surface area contributed by atoms with E-state index in [-0.39, 0.29) is 10.8 Å². The highest BCUT2D eigenvalue weighted by atomic mass is 35.5. The van der Waals surface area contributed by atoms with Crippen molar-refractivity contribution in [2.24, 2.45) is 12.8 Å². The zero-order valence-corrected chi connectivity index (χ0v) is 18.1. The van der Waals surface area contributed by atoms with Crippen molar-refractivity contribution in [1.82, 2.24) is 14.8 Å².